The Morgan fingerprint density at radius 1 is 1.23 bits per heavy atom. The normalized spacial score (nSPS) is 14.2. The molecule has 0 radical (unpaired) electrons. The van der Waals surface area contributed by atoms with Crippen LogP contribution in [0.15, 0.2) is 29.7 Å². The highest BCUT2D eigenvalue weighted by Gasteiger charge is 2.23. The van der Waals surface area contributed by atoms with Crippen molar-refractivity contribution in [3.8, 4) is 0 Å². The number of thioether (sulfide) groups is 1. The van der Waals surface area contributed by atoms with Crippen LogP contribution < -0.4 is 0 Å². The van der Waals surface area contributed by atoms with E-state index < -0.39 is 0 Å². The van der Waals surface area contributed by atoms with E-state index in [1.807, 2.05) is 23.6 Å². The quantitative estimate of drug-likeness (QED) is 0.488. The third-order valence-corrected chi connectivity index (χ3v) is 7.09. The summed E-state index contributed by atoms with van der Waals surface area (Å²) in [6.45, 7) is 2.15. The molecule has 0 fully saturated rings. The lowest BCUT2D eigenvalue weighted by Gasteiger charge is -2.11. The van der Waals surface area contributed by atoms with Crippen LogP contribution in [0.5, 0.6) is 0 Å². The van der Waals surface area contributed by atoms with Gasteiger partial charge < -0.3 is 0 Å². The van der Waals surface area contributed by atoms with Crippen LogP contribution in [-0.2, 0) is 25.0 Å². The number of fused-ring (bicyclic) bond motifs is 5. The van der Waals surface area contributed by atoms with E-state index in [9.17, 15) is 0 Å². The Morgan fingerprint density at radius 3 is 3.00 bits per heavy atom. The zero-order valence-electron chi connectivity index (χ0n) is 14.6. The number of nitrogens with zero attached hydrogens (tertiary/aromatic N) is 5. The molecule has 4 heterocycles. The van der Waals surface area contributed by atoms with Crippen molar-refractivity contribution in [1.82, 2.24) is 24.6 Å². The molecule has 1 aliphatic rings. The highest BCUT2D eigenvalue weighted by Crippen LogP contribution is 2.38. The van der Waals surface area contributed by atoms with Crippen LogP contribution in [0.4, 0.5) is 0 Å². The summed E-state index contributed by atoms with van der Waals surface area (Å²) >= 11 is 3.56. The molecule has 7 heteroatoms. The van der Waals surface area contributed by atoms with Crippen LogP contribution in [0.3, 0.4) is 0 Å². The average Bonchev–Trinajstić information content (AvgIpc) is 3.27. The molecule has 5 rings (SSSR count). The Labute approximate surface area is 159 Å². The fraction of sp³-hybridized carbons (Fsp3) is 0.368. The second-order valence-corrected chi connectivity index (χ2v) is 8.59. The number of hydrogen-bond acceptors (Lipinski definition) is 6. The Bertz CT molecular complexity index is 1080. The Balaban J connectivity index is 1.64. The van der Waals surface area contributed by atoms with Crippen LogP contribution in [0.1, 0.15) is 41.6 Å². The van der Waals surface area contributed by atoms with Crippen molar-refractivity contribution in [2.45, 2.75) is 49.9 Å². The van der Waals surface area contributed by atoms with Gasteiger partial charge in [0, 0.05) is 29.4 Å². The molecule has 26 heavy (non-hydrogen) atoms. The molecule has 4 aromatic rings. The first-order valence-electron chi connectivity index (χ1n) is 9.05. The number of aromatic nitrogens is 5. The third-order valence-electron chi connectivity index (χ3n) is 4.91. The molecule has 0 amide bonds. The van der Waals surface area contributed by atoms with Crippen molar-refractivity contribution in [2.75, 3.05) is 0 Å². The van der Waals surface area contributed by atoms with E-state index in [1.165, 1.54) is 40.7 Å². The molecule has 0 aromatic carbocycles. The zero-order valence-corrected chi connectivity index (χ0v) is 16.2. The number of rotatable bonds is 4. The van der Waals surface area contributed by atoms with Gasteiger partial charge in [0.2, 0.25) is 0 Å². The fourth-order valence-corrected chi connectivity index (χ4v) is 5.82. The molecule has 0 spiro atoms. The molecule has 0 unspecified atom stereocenters. The van der Waals surface area contributed by atoms with E-state index in [0.29, 0.717) is 0 Å². The summed E-state index contributed by atoms with van der Waals surface area (Å²) in [5.74, 6) is 1.88. The maximum Gasteiger partial charge on any atom is 0.197 e. The number of hydrogen-bond donors (Lipinski definition) is 0. The summed E-state index contributed by atoms with van der Waals surface area (Å²) in [7, 11) is 0. The molecule has 0 saturated carbocycles. The minimum absolute atomic E-state index is 0.831. The number of thiophene rings is 1. The minimum atomic E-state index is 0.831. The summed E-state index contributed by atoms with van der Waals surface area (Å²) in [4.78, 5) is 11.8. The second-order valence-electron chi connectivity index (χ2n) is 6.56. The molecule has 1 aliphatic carbocycles. The molecule has 0 bridgehead atoms. The molecule has 0 aliphatic heterocycles. The van der Waals surface area contributed by atoms with Gasteiger partial charge >= 0.3 is 0 Å². The second kappa shape index (κ2) is 6.63. The SMILES string of the molecule is CCc1nc2sc3c(c2c2nnc(SCc4cccnc4)n12)CCCC3. The van der Waals surface area contributed by atoms with Gasteiger partial charge in [-0.25, -0.2) is 4.98 Å². The fourth-order valence-electron chi connectivity index (χ4n) is 3.65. The highest BCUT2D eigenvalue weighted by atomic mass is 32.2. The summed E-state index contributed by atoms with van der Waals surface area (Å²) in [5, 5.41) is 11.3. The smallest absolute Gasteiger partial charge is 0.197 e. The standard InChI is InChI=1S/C19H19N5S2/c1-2-15-21-18-16(13-7-3-4-8-14(13)26-18)17-22-23-19(24(15)17)25-11-12-6-5-9-20-10-12/h5-6,9-10H,2-4,7-8,11H2,1H3. The lowest BCUT2D eigenvalue weighted by atomic mass is 9.97. The van der Waals surface area contributed by atoms with Crippen molar-refractivity contribution in [2.24, 2.45) is 0 Å². The topological polar surface area (TPSA) is 56.0 Å². The van der Waals surface area contributed by atoms with Crippen LogP contribution in [0, 0.1) is 0 Å². The van der Waals surface area contributed by atoms with Gasteiger partial charge in [0.15, 0.2) is 10.8 Å². The average molecular weight is 382 g/mol. The van der Waals surface area contributed by atoms with Gasteiger partial charge in [0.25, 0.3) is 0 Å². The van der Waals surface area contributed by atoms with Crippen molar-refractivity contribution < 1.29 is 0 Å². The van der Waals surface area contributed by atoms with Crippen LogP contribution >= 0.6 is 23.1 Å². The first kappa shape index (κ1) is 16.2. The largest absolute Gasteiger partial charge is 0.264 e. The predicted octanol–water partition coefficient (Wildman–Crippen LogP) is 4.47. The Morgan fingerprint density at radius 2 is 2.15 bits per heavy atom. The van der Waals surface area contributed by atoms with E-state index in [1.54, 1.807) is 18.0 Å². The summed E-state index contributed by atoms with van der Waals surface area (Å²) < 4.78 is 2.17. The van der Waals surface area contributed by atoms with E-state index in [0.717, 1.165) is 40.1 Å². The van der Waals surface area contributed by atoms with Crippen molar-refractivity contribution in [1.29, 1.82) is 0 Å². The predicted molar refractivity (Wildman–Crippen MR) is 106 cm³/mol. The van der Waals surface area contributed by atoms with Gasteiger partial charge in [-0.1, -0.05) is 24.8 Å². The van der Waals surface area contributed by atoms with Crippen molar-refractivity contribution >= 4 is 39.0 Å². The van der Waals surface area contributed by atoms with Crippen LogP contribution in [-0.4, -0.2) is 24.6 Å². The maximum atomic E-state index is 4.99. The van der Waals surface area contributed by atoms with Gasteiger partial charge in [-0.05, 0) is 42.9 Å². The van der Waals surface area contributed by atoms with Gasteiger partial charge in [-0.15, -0.1) is 21.5 Å². The molecule has 0 atom stereocenters. The van der Waals surface area contributed by atoms with E-state index in [-0.39, 0.29) is 0 Å². The Hall–Kier alpha value is -1.99. The van der Waals surface area contributed by atoms with Gasteiger partial charge in [0.1, 0.15) is 10.7 Å². The molecule has 132 valence electrons. The molecular formula is C19H19N5S2. The zero-order chi connectivity index (χ0) is 17.5. The van der Waals surface area contributed by atoms with Crippen molar-refractivity contribution in [3.63, 3.8) is 0 Å². The molecule has 4 aromatic heterocycles. The van der Waals surface area contributed by atoms with Crippen molar-refractivity contribution in [3.05, 3.63) is 46.4 Å². The molecular weight excluding hydrogens is 362 g/mol. The van der Waals surface area contributed by atoms with E-state index in [2.05, 4.69) is 32.6 Å². The summed E-state index contributed by atoms with van der Waals surface area (Å²) in [6.07, 6.45) is 9.45. The monoisotopic (exact) mass is 381 g/mol. The first-order chi connectivity index (χ1) is 12.8. The minimum Gasteiger partial charge on any atom is -0.264 e. The van der Waals surface area contributed by atoms with Gasteiger partial charge in [0.05, 0.1) is 5.39 Å². The molecule has 0 N–H and O–H groups in total. The third kappa shape index (κ3) is 2.61. The van der Waals surface area contributed by atoms with Crippen LogP contribution in [0.2, 0.25) is 0 Å². The van der Waals surface area contributed by atoms with E-state index in [4.69, 9.17) is 4.98 Å². The lowest BCUT2D eigenvalue weighted by molar-refractivity contribution is 0.700. The summed E-state index contributed by atoms with van der Waals surface area (Å²) in [5.41, 5.74) is 3.64. The lowest BCUT2D eigenvalue weighted by Crippen LogP contribution is -2.03. The van der Waals surface area contributed by atoms with Crippen LogP contribution in [0.25, 0.3) is 15.9 Å². The van der Waals surface area contributed by atoms with Gasteiger partial charge in [-0.3, -0.25) is 9.38 Å². The molecule has 5 nitrogen and oxygen atoms in total. The summed E-state index contributed by atoms with van der Waals surface area (Å²) in [6, 6.07) is 4.06. The number of pyridine rings is 1. The van der Waals surface area contributed by atoms with E-state index >= 15 is 0 Å². The first-order valence-corrected chi connectivity index (χ1v) is 10.9. The number of aryl methyl sites for hydroxylation is 3. The maximum absolute atomic E-state index is 4.99. The molecule has 0 saturated heterocycles. The highest BCUT2D eigenvalue weighted by molar-refractivity contribution is 7.98. The Kier molecular flexibility index (Phi) is 4.13. The van der Waals surface area contributed by atoms with Gasteiger partial charge in [-0.2, -0.15) is 0 Å².